The normalized spacial score (nSPS) is 17.1. The fourth-order valence-corrected chi connectivity index (χ4v) is 4.93. The van der Waals surface area contributed by atoms with E-state index in [0.29, 0.717) is 39.1 Å². The number of benzene rings is 1. The van der Waals surface area contributed by atoms with Crippen LogP contribution in [-0.2, 0) is 28.9 Å². The summed E-state index contributed by atoms with van der Waals surface area (Å²) >= 11 is 0. The zero-order valence-electron chi connectivity index (χ0n) is 21.6. The van der Waals surface area contributed by atoms with Gasteiger partial charge in [-0.1, -0.05) is 0 Å². The maximum absolute atomic E-state index is 13.1. The first-order valence-electron chi connectivity index (χ1n) is 12.8. The van der Waals surface area contributed by atoms with E-state index < -0.39 is 5.60 Å². The van der Waals surface area contributed by atoms with E-state index in [1.54, 1.807) is 15.9 Å². The zero-order valence-corrected chi connectivity index (χ0v) is 21.6. The minimum Gasteiger partial charge on any atom is -0.461 e. The van der Waals surface area contributed by atoms with Crippen molar-refractivity contribution < 1.29 is 23.1 Å². The molecule has 37 heavy (non-hydrogen) atoms. The van der Waals surface area contributed by atoms with E-state index >= 15 is 0 Å². The van der Waals surface area contributed by atoms with Gasteiger partial charge < -0.3 is 19.0 Å². The molecule has 1 fully saturated rings. The van der Waals surface area contributed by atoms with Gasteiger partial charge in [0.05, 0.1) is 19.3 Å². The number of fused-ring (bicyclic) bond motifs is 3. The van der Waals surface area contributed by atoms with E-state index in [2.05, 4.69) is 9.88 Å². The summed E-state index contributed by atoms with van der Waals surface area (Å²) in [7, 11) is 0. The number of carbonyl (C=O) groups excluding carboxylic acids is 2. The SMILES string of the molecule is CC(C)(C)OC(=O)N1CCCc2oc3cc(N4CCN(CCc5ccc(F)cn5)CC4=O)ccc3c2C1. The van der Waals surface area contributed by atoms with E-state index in [-0.39, 0.29) is 17.8 Å². The molecule has 4 heterocycles. The first-order valence-corrected chi connectivity index (χ1v) is 12.8. The number of hydrogen-bond donors (Lipinski definition) is 0. The molecule has 1 saturated heterocycles. The maximum atomic E-state index is 13.1. The van der Waals surface area contributed by atoms with Crippen molar-refractivity contribution in [3.8, 4) is 0 Å². The third-order valence-electron chi connectivity index (χ3n) is 6.78. The van der Waals surface area contributed by atoms with Crippen molar-refractivity contribution in [2.24, 2.45) is 0 Å². The Hall–Kier alpha value is -3.46. The van der Waals surface area contributed by atoms with Crippen molar-refractivity contribution in [3.05, 3.63) is 59.4 Å². The van der Waals surface area contributed by atoms with Gasteiger partial charge in [-0.05, 0) is 51.5 Å². The van der Waals surface area contributed by atoms with Crippen LogP contribution in [-0.4, -0.2) is 65.1 Å². The van der Waals surface area contributed by atoms with Crippen LogP contribution in [0.25, 0.3) is 11.0 Å². The molecule has 0 unspecified atom stereocenters. The molecular formula is C28H33FN4O4. The summed E-state index contributed by atoms with van der Waals surface area (Å²) in [5.74, 6) is 0.573. The van der Waals surface area contributed by atoms with Crippen LogP contribution >= 0.6 is 0 Å². The average Bonchev–Trinajstić information content (AvgIpc) is 3.04. The molecule has 0 spiro atoms. The molecule has 5 rings (SSSR count). The highest BCUT2D eigenvalue weighted by molar-refractivity contribution is 5.97. The molecule has 3 aromatic rings. The lowest BCUT2D eigenvalue weighted by atomic mass is 10.1. The standard InChI is InChI=1S/C28H33FN4O4/c1-28(2,3)37-27(35)32-11-4-5-24-23(17-32)22-9-8-21(15-25(22)36-24)33-14-13-31(18-26(33)34)12-10-20-7-6-19(29)16-30-20/h6-9,15-16H,4-5,10-14,17-18H2,1-3H3. The van der Waals surface area contributed by atoms with Gasteiger partial charge in [0, 0.05) is 67.4 Å². The van der Waals surface area contributed by atoms with Crippen LogP contribution in [0.1, 0.15) is 44.2 Å². The fraction of sp³-hybridized carbons (Fsp3) is 0.464. The molecule has 0 N–H and O–H groups in total. The van der Waals surface area contributed by atoms with Crippen molar-refractivity contribution in [2.75, 3.05) is 37.6 Å². The van der Waals surface area contributed by atoms with Gasteiger partial charge >= 0.3 is 6.09 Å². The summed E-state index contributed by atoms with van der Waals surface area (Å²) in [4.78, 5) is 35.4. The number of carbonyl (C=O) groups is 2. The second-order valence-electron chi connectivity index (χ2n) is 10.7. The predicted octanol–water partition coefficient (Wildman–Crippen LogP) is 4.54. The molecule has 0 bridgehead atoms. The Balaban J connectivity index is 1.26. The van der Waals surface area contributed by atoms with Gasteiger partial charge in [0.2, 0.25) is 5.91 Å². The van der Waals surface area contributed by atoms with Crippen LogP contribution in [0.5, 0.6) is 0 Å². The van der Waals surface area contributed by atoms with Crippen LogP contribution in [0.4, 0.5) is 14.9 Å². The van der Waals surface area contributed by atoms with E-state index in [1.807, 2.05) is 39.0 Å². The summed E-state index contributed by atoms with van der Waals surface area (Å²) in [6, 6.07) is 8.96. The lowest BCUT2D eigenvalue weighted by Gasteiger charge is -2.34. The zero-order chi connectivity index (χ0) is 26.2. The van der Waals surface area contributed by atoms with E-state index in [9.17, 15) is 14.0 Å². The number of nitrogens with zero attached hydrogens (tertiary/aromatic N) is 4. The Labute approximate surface area is 216 Å². The number of pyridine rings is 1. The Bertz CT molecular complexity index is 1300. The quantitative estimate of drug-likeness (QED) is 0.515. The third kappa shape index (κ3) is 5.77. The highest BCUT2D eigenvalue weighted by Crippen LogP contribution is 2.33. The Morgan fingerprint density at radius 2 is 1.97 bits per heavy atom. The average molecular weight is 509 g/mol. The topological polar surface area (TPSA) is 79.1 Å². The van der Waals surface area contributed by atoms with Crippen molar-refractivity contribution >= 4 is 28.7 Å². The summed E-state index contributed by atoms with van der Waals surface area (Å²) in [6.45, 7) is 8.99. The molecule has 0 atom stereocenters. The van der Waals surface area contributed by atoms with Crippen molar-refractivity contribution in [1.82, 2.24) is 14.8 Å². The molecule has 0 radical (unpaired) electrons. The van der Waals surface area contributed by atoms with Gasteiger partial charge in [0.1, 0.15) is 22.8 Å². The summed E-state index contributed by atoms with van der Waals surface area (Å²) < 4.78 is 24.9. The van der Waals surface area contributed by atoms with Crippen LogP contribution < -0.4 is 4.90 Å². The highest BCUT2D eigenvalue weighted by Gasteiger charge is 2.29. The second-order valence-corrected chi connectivity index (χ2v) is 10.7. The van der Waals surface area contributed by atoms with Crippen molar-refractivity contribution in [1.29, 1.82) is 0 Å². The van der Waals surface area contributed by atoms with Crippen LogP contribution in [0, 0.1) is 5.82 Å². The minimum atomic E-state index is -0.548. The number of anilines is 1. The first-order chi connectivity index (χ1) is 17.7. The highest BCUT2D eigenvalue weighted by atomic mass is 19.1. The molecule has 1 aromatic carbocycles. The molecule has 2 aliphatic heterocycles. The number of hydrogen-bond acceptors (Lipinski definition) is 6. The summed E-state index contributed by atoms with van der Waals surface area (Å²) in [5, 5.41) is 0.965. The molecule has 9 heteroatoms. The number of amides is 2. The number of piperazine rings is 1. The fourth-order valence-electron chi connectivity index (χ4n) is 4.93. The van der Waals surface area contributed by atoms with Crippen molar-refractivity contribution in [3.63, 3.8) is 0 Å². The largest absolute Gasteiger partial charge is 0.461 e. The van der Waals surface area contributed by atoms with Gasteiger partial charge in [0.25, 0.3) is 0 Å². The molecule has 2 aromatic heterocycles. The van der Waals surface area contributed by atoms with Crippen LogP contribution in [0.15, 0.2) is 40.9 Å². The van der Waals surface area contributed by atoms with E-state index in [1.165, 1.54) is 12.3 Å². The summed E-state index contributed by atoms with van der Waals surface area (Å²) in [6.07, 6.45) is 3.12. The maximum Gasteiger partial charge on any atom is 0.410 e. The number of halogens is 1. The van der Waals surface area contributed by atoms with Crippen molar-refractivity contribution in [2.45, 2.75) is 52.2 Å². The molecular weight excluding hydrogens is 475 g/mol. The number of aromatic nitrogens is 1. The predicted molar refractivity (Wildman–Crippen MR) is 138 cm³/mol. The molecule has 0 saturated carbocycles. The lowest BCUT2D eigenvalue weighted by molar-refractivity contribution is -0.121. The molecule has 8 nitrogen and oxygen atoms in total. The van der Waals surface area contributed by atoms with E-state index in [4.69, 9.17) is 9.15 Å². The smallest absolute Gasteiger partial charge is 0.410 e. The third-order valence-corrected chi connectivity index (χ3v) is 6.78. The molecule has 196 valence electrons. The lowest BCUT2D eigenvalue weighted by Crippen LogP contribution is -2.50. The molecule has 0 aliphatic carbocycles. The first kappa shape index (κ1) is 25.2. The van der Waals surface area contributed by atoms with E-state index in [0.717, 1.165) is 53.1 Å². The van der Waals surface area contributed by atoms with Gasteiger partial charge in [-0.15, -0.1) is 0 Å². The number of ether oxygens (including phenoxy) is 1. The summed E-state index contributed by atoms with van der Waals surface area (Å²) in [5.41, 5.74) is 2.81. The molecule has 2 amide bonds. The van der Waals surface area contributed by atoms with Gasteiger partial charge in [0.15, 0.2) is 0 Å². The Morgan fingerprint density at radius 1 is 1.14 bits per heavy atom. The van der Waals surface area contributed by atoms with Gasteiger partial charge in [-0.3, -0.25) is 14.7 Å². The second kappa shape index (κ2) is 10.1. The number of aryl methyl sites for hydroxylation is 1. The Kier molecular flexibility index (Phi) is 6.90. The number of furan rings is 1. The minimum absolute atomic E-state index is 0.0295. The monoisotopic (exact) mass is 508 g/mol. The number of rotatable bonds is 4. The van der Waals surface area contributed by atoms with Crippen LogP contribution in [0.3, 0.4) is 0 Å². The molecule has 2 aliphatic rings. The van der Waals surface area contributed by atoms with Gasteiger partial charge in [-0.2, -0.15) is 0 Å². The van der Waals surface area contributed by atoms with Gasteiger partial charge in [-0.25, -0.2) is 9.18 Å². The Morgan fingerprint density at radius 3 is 2.70 bits per heavy atom. The van der Waals surface area contributed by atoms with Crippen LogP contribution in [0.2, 0.25) is 0 Å².